The van der Waals surface area contributed by atoms with Crippen molar-refractivity contribution in [1.82, 2.24) is 15.1 Å². The highest BCUT2D eigenvalue weighted by Crippen LogP contribution is 2.34. The van der Waals surface area contributed by atoms with E-state index in [1.807, 2.05) is 4.90 Å². The summed E-state index contributed by atoms with van der Waals surface area (Å²) in [5.41, 5.74) is 0.191. The van der Waals surface area contributed by atoms with E-state index in [1.165, 1.54) is 39.2 Å². The predicted octanol–water partition coefficient (Wildman–Crippen LogP) is 1.01. The number of carbonyl (C=O) groups is 2. The second-order valence-electron chi connectivity index (χ2n) is 7.56. The van der Waals surface area contributed by atoms with E-state index in [4.69, 9.17) is 4.74 Å². The smallest absolute Gasteiger partial charge is 0.308 e. The van der Waals surface area contributed by atoms with Gasteiger partial charge in [0.05, 0.1) is 19.6 Å². The number of nitrogens with one attached hydrogen (secondary N) is 1. The molecule has 1 N–H and O–H groups in total. The van der Waals surface area contributed by atoms with E-state index in [0.717, 1.165) is 32.5 Å². The van der Waals surface area contributed by atoms with Crippen molar-refractivity contribution in [3.8, 4) is 0 Å². The van der Waals surface area contributed by atoms with E-state index in [0.29, 0.717) is 19.6 Å². The topological polar surface area (TPSA) is 61.9 Å². The number of amides is 1. The van der Waals surface area contributed by atoms with Gasteiger partial charge in [0.15, 0.2) is 0 Å². The van der Waals surface area contributed by atoms with E-state index in [2.05, 4.69) is 10.2 Å². The third-order valence-corrected chi connectivity index (χ3v) is 6.18. The average molecular weight is 337 g/mol. The van der Waals surface area contributed by atoms with Crippen molar-refractivity contribution < 1.29 is 14.3 Å². The number of likely N-dealkylation sites (tertiary alicyclic amines) is 1. The molecule has 24 heavy (non-hydrogen) atoms. The molecule has 1 spiro atoms. The van der Waals surface area contributed by atoms with E-state index >= 15 is 0 Å². The summed E-state index contributed by atoms with van der Waals surface area (Å²) in [6.07, 6.45) is 7.74. The van der Waals surface area contributed by atoms with Gasteiger partial charge in [0, 0.05) is 38.3 Å². The van der Waals surface area contributed by atoms with Crippen molar-refractivity contribution in [2.45, 2.75) is 50.5 Å². The van der Waals surface area contributed by atoms with Gasteiger partial charge in [0.1, 0.15) is 0 Å². The van der Waals surface area contributed by atoms with Gasteiger partial charge >= 0.3 is 5.97 Å². The summed E-state index contributed by atoms with van der Waals surface area (Å²) in [6.45, 7) is 4.84. The minimum absolute atomic E-state index is 0.0390. The third-order valence-electron chi connectivity index (χ3n) is 6.18. The second kappa shape index (κ2) is 7.83. The molecule has 0 bridgehead atoms. The lowest BCUT2D eigenvalue weighted by Crippen LogP contribution is -2.63. The fraction of sp³-hybridized carbons (Fsp3) is 0.889. The summed E-state index contributed by atoms with van der Waals surface area (Å²) >= 11 is 0. The molecule has 3 fully saturated rings. The van der Waals surface area contributed by atoms with Gasteiger partial charge in [-0.2, -0.15) is 0 Å². The number of carbonyl (C=O) groups excluding carboxylic acids is 2. The van der Waals surface area contributed by atoms with Gasteiger partial charge < -0.3 is 15.0 Å². The number of esters is 1. The third kappa shape index (κ3) is 3.75. The van der Waals surface area contributed by atoms with E-state index < -0.39 is 0 Å². The van der Waals surface area contributed by atoms with Crippen molar-refractivity contribution in [3.63, 3.8) is 0 Å². The molecule has 1 saturated carbocycles. The predicted molar refractivity (Wildman–Crippen MR) is 91.6 cm³/mol. The van der Waals surface area contributed by atoms with Crippen molar-refractivity contribution in [3.05, 3.63) is 0 Å². The summed E-state index contributed by atoms with van der Waals surface area (Å²) in [5, 5.41) is 3.53. The number of piperazine rings is 1. The molecule has 6 heteroatoms. The molecule has 3 aliphatic rings. The Kier molecular flexibility index (Phi) is 5.76. The van der Waals surface area contributed by atoms with Crippen LogP contribution >= 0.6 is 0 Å². The Morgan fingerprint density at radius 2 is 1.83 bits per heavy atom. The van der Waals surface area contributed by atoms with Crippen molar-refractivity contribution in [2.75, 3.05) is 46.4 Å². The van der Waals surface area contributed by atoms with Crippen LogP contribution in [-0.2, 0) is 14.3 Å². The van der Waals surface area contributed by atoms with Crippen LogP contribution < -0.4 is 5.32 Å². The van der Waals surface area contributed by atoms with E-state index in [1.54, 1.807) is 0 Å². The number of piperidine rings is 1. The molecule has 0 aromatic carbocycles. The van der Waals surface area contributed by atoms with Gasteiger partial charge in [-0.05, 0) is 25.7 Å². The van der Waals surface area contributed by atoms with Crippen LogP contribution in [0.25, 0.3) is 0 Å². The van der Waals surface area contributed by atoms with Crippen LogP contribution in [0.4, 0.5) is 0 Å². The zero-order valence-electron chi connectivity index (χ0n) is 14.9. The fourth-order valence-corrected chi connectivity index (χ4v) is 4.63. The molecule has 3 rings (SSSR count). The first-order valence-electron chi connectivity index (χ1n) is 9.46. The maximum atomic E-state index is 12.8. The Labute approximate surface area is 144 Å². The molecule has 2 aliphatic heterocycles. The molecule has 136 valence electrons. The SMILES string of the molecule is COC(=O)C1CCN(C(=O)CN2CCNCC23CCCCC3)CC1. The molecular formula is C18H31N3O3. The lowest BCUT2D eigenvalue weighted by atomic mass is 9.79. The maximum Gasteiger partial charge on any atom is 0.308 e. The summed E-state index contributed by atoms with van der Waals surface area (Å²) in [4.78, 5) is 28.8. The van der Waals surface area contributed by atoms with Crippen LogP contribution in [-0.4, -0.2) is 73.6 Å². The quantitative estimate of drug-likeness (QED) is 0.779. The van der Waals surface area contributed by atoms with Crippen LogP contribution in [0.2, 0.25) is 0 Å². The lowest BCUT2D eigenvalue weighted by Gasteiger charge is -2.50. The van der Waals surface area contributed by atoms with Crippen LogP contribution in [0.15, 0.2) is 0 Å². The number of hydrogen-bond acceptors (Lipinski definition) is 5. The summed E-state index contributed by atoms with van der Waals surface area (Å²) < 4.78 is 4.82. The van der Waals surface area contributed by atoms with Gasteiger partial charge in [-0.1, -0.05) is 19.3 Å². The van der Waals surface area contributed by atoms with Gasteiger partial charge in [0.25, 0.3) is 0 Å². The van der Waals surface area contributed by atoms with E-state index in [-0.39, 0.29) is 23.3 Å². The van der Waals surface area contributed by atoms with Crippen LogP contribution in [0, 0.1) is 5.92 Å². The van der Waals surface area contributed by atoms with Crippen molar-refractivity contribution in [1.29, 1.82) is 0 Å². The van der Waals surface area contributed by atoms with Gasteiger partial charge in [-0.15, -0.1) is 0 Å². The number of ether oxygens (including phenoxy) is 1. The largest absolute Gasteiger partial charge is 0.469 e. The Bertz CT molecular complexity index is 446. The molecule has 0 unspecified atom stereocenters. The Morgan fingerprint density at radius 1 is 1.12 bits per heavy atom. The van der Waals surface area contributed by atoms with E-state index in [9.17, 15) is 9.59 Å². The lowest BCUT2D eigenvalue weighted by molar-refractivity contribution is -0.149. The van der Waals surface area contributed by atoms with Crippen molar-refractivity contribution in [2.24, 2.45) is 5.92 Å². The molecule has 0 radical (unpaired) electrons. The summed E-state index contributed by atoms with van der Waals surface area (Å²) in [6, 6.07) is 0. The summed E-state index contributed by atoms with van der Waals surface area (Å²) in [7, 11) is 1.44. The van der Waals surface area contributed by atoms with Gasteiger partial charge in [-0.25, -0.2) is 0 Å². The van der Waals surface area contributed by atoms with Crippen molar-refractivity contribution >= 4 is 11.9 Å². The zero-order chi connectivity index (χ0) is 17.0. The molecule has 2 saturated heterocycles. The Balaban J connectivity index is 1.55. The monoisotopic (exact) mass is 337 g/mol. The summed E-state index contributed by atoms with van der Waals surface area (Å²) in [5.74, 6) is 0.0541. The highest BCUT2D eigenvalue weighted by Gasteiger charge is 2.41. The Hall–Kier alpha value is -1.14. The number of nitrogens with zero attached hydrogens (tertiary/aromatic N) is 2. The highest BCUT2D eigenvalue weighted by molar-refractivity contribution is 5.79. The molecule has 1 aliphatic carbocycles. The standard InChI is InChI=1S/C18H31N3O3/c1-24-17(23)15-5-10-20(11-6-15)16(22)13-21-12-9-19-14-18(21)7-3-2-4-8-18/h15,19H,2-14H2,1H3. The highest BCUT2D eigenvalue weighted by atomic mass is 16.5. The number of hydrogen-bond donors (Lipinski definition) is 1. The van der Waals surface area contributed by atoms with Crippen LogP contribution in [0.5, 0.6) is 0 Å². The zero-order valence-corrected chi connectivity index (χ0v) is 14.9. The minimum Gasteiger partial charge on any atom is -0.469 e. The first-order valence-corrected chi connectivity index (χ1v) is 9.46. The van der Waals surface area contributed by atoms with Crippen LogP contribution in [0.3, 0.4) is 0 Å². The second-order valence-corrected chi connectivity index (χ2v) is 7.56. The molecule has 0 atom stereocenters. The first-order chi connectivity index (χ1) is 11.6. The maximum absolute atomic E-state index is 12.8. The minimum atomic E-state index is -0.134. The molecule has 6 nitrogen and oxygen atoms in total. The fourth-order valence-electron chi connectivity index (χ4n) is 4.63. The number of rotatable bonds is 3. The average Bonchev–Trinajstić information content (AvgIpc) is 2.64. The van der Waals surface area contributed by atoms with Crippen LogP contribution in [0.1, 0.15) is 44.9 Å². The molecular weight excluding hydrogens is 306 g/mol. The normalized spacial score (nSPS) is 25.6. The van der Waals surface area contributed by atoms with Gasteiger partial charge in [-0.3, -0.25) is 14.5 Å². The number of methoxy groups -OCH3 is 1. The molecule has 0 aromatic rings. The molecule has 2 heterocycles. The Morgan fingerprint density at radius 3 is 2.50 bits per heavy atom. The molecule has 1 amide bonds. The first kappa shape index (κ1) is 17.7. The van der Waals surface area contributed by atoms with Gasteiger partial charge in [0.2, 0.25) is 5.91 Å². The molecule has 0 aromatic heterocycles.